The van der Waals surface area contributed by atoms with Gasteiger partial charge in [-0.05, 0) is 53.3 Å². The molecule has 0 spiro atoms. The van der Waals surface area contributed by atoms with Crippen molar-refractivity contribution in [2.24, 2.45) is 16.3 Å². The Hall–Kier alpha value is -3.98. The molecule has 1 aliphatic rings. The van der Waals surface area contributed by atoms with Gasteiger partial charge in [0.25, 0.3) is 0 Å². The Morgan fingerprint density at radius 2 is 1.87 bits per heavy atom. The van der Waals surface area contributed by atoms with Crippen LogP contribution in [0.4, 0.5) is 18.9 Å². The molecule has 0 aliphatic heterocycles. The molecule has 0 bridgehead atoms. The number of halogens is 4. The van der Waals surface area contributed by atoms with E-state index in [2.05, 4.69) is 4.99 Å². The summed E-state index contributed by atoms with van der Waals surface area (Å²) in [6, 6.07) is 7.35. The van der Waals surface area contributed by atoms with Gasteiger partial charge in [0.2, 0.25) is 5.88 Å². The summed E-state index contributed by atoms with van der Waals surface area (Å²) in [5, 5.41) is 30.4. The molecule has 3 N–H and O–H groups in total. The number of aromatic hydroxyl groups is 2. The minimum atomic E-state index is -4.58. The maximum absolute atomic E-state index is 13.5. The Bertz CT molecular complexity index is 1560. The van der Waals surface area contributed by atoms with Crippen LogP contribution in [0.25, 0.3) is 22.7 Å². The first kappa shape index (κ1) is 27.1. The van der Waals surface area contributed by atoms with Crippen LogP contribution in [0.1, 0.15) is 37.5 Å². The molecule has 0 radical (unpaired) electrons. The zero-order chi connectivity index (χ0) is 28.0. The van der Waals surface area contributed by atoms with Crippen LogP contribution in [-0.2, 0) is 11.0 Å². The second-order valence-corrected chi connectivity index (χ2v) is 10.1. The van der Waals surface area contributed by atoms with E-state index in [9.17, 15) is 28.2 Å². The SMILES string of the molecule is CC1C=CC(n2c(O)c(C=Nc3ccc(/C=C(\Cl)C(=O)O)cc3O)c3ccc(C(F)(F)F)cc32)=CC1(C)C. The monoisotopic (exact) mass is 544 g/mol. The lowest BCUT2D eigenvalue weighted by Crippen LogP contribution is -2.21. The fourth-order valence-corrected chi connectivity index (χ4v) is 4.26. The predicted molar refractivity (Wildman–Crippen MR) is 142 cm³/mol. The molecule has 1 heterocycles. The standard InChI is InChI=1S/C28H24ClF3N2O4/c1-15-4-7-18(13-27(15,2)3)34-23-12-17(28(30,31)32)6-8-19(23)20(25(34)36)14-33-22-9-5-16(11-24(22)35)10-21(29)26(37)38/h4-15,35-36H,1-3H3,(H,37,38)/b21-10-,33-14?. The van der Waals surface area contributed by atoms with E-state index in [1.54, 1.807) is 6.08 Å². The van der Waals surface area contributed by atoms with Crippen LogP contribution in [0.2, 0.25) is 0 Å². The molecule has 0 fully saturated rings. The Morgan fingerprint density at radius 3 is 2.47 bits per heavy atom. The van der Waals surface area contributed by atoms with Gasteiger partial charge in [0.05, 0.1) is 16.6 Å². The third-order valence-corrected chi connectivity index (χ3v) is 6.92. The molecular weight excluding hydrogens is 521 g/mol. The van der Waals surface area contributed by atoms with E-state index in [0.717, 1.165) is 18.2 Å². The highest BCUT2D eigenvalue weighted by atomic mass is 35.5. The summed E-state index contributed by atoms with van der Waals surface area (Å²) >= 11 is 5.63. The average Bonchev–Trinajstić information content (AvgIpc) is 3.10. The van der Waals surface area contributed by atoms with E-state index in [-0.39, 0.29) is 39.7 Å². The van der Waals surface area contributed by atoms with Crippen molar-refractivity contribution in [2.45, 2.75) is 26.9 Å². The Morgan fingerprint density at radius 1 is 1.16 bits per heavy atom. The van der Waals surface area contributed by atoms with Gasteiger partial charge < -0.3 is 15.3 Å². The maximum atomic E-state index is 13.5. The van der Waals surface area contributed by atoms with Crippen molar-refractivity contribution >= 4 is 52.1 Å². The van der Waals surface area contributed by atoms with Crippen LogP contribution in [0.3, 0.4) is 0 Å². The van der Waals surface area contributed by atoms with E-state index >= 15 is 0 Å². The van der Waals surface area contributed by atoms with Crippen LogP contribution >= 0.6 is 11.6 Å². The highest BCUT2D eigenvalue weighted by Crippen LogP contribution is 2.42. The Labute approximate surface area is 221 Å². The fourth-order valence-electron chi connectivity index (χ4n) is 4.14. The van der Waals surface area contributed by atoms with Crippen LogP contribution in [-0.4, -0.2) is 32.1 Å². The zero-order valence-corrected chi connectivity index (χ0v) is 21.3. The third-order valence-electron chi connectivity index (χ3n) is 6.65. The summed E-state index contributed by atoms with van der Waals surface area (Å²) in [6.45, 7) is 6.03. The van der Waals surface area contributed by atoms with E-state index in [1.165, 1.54) is 35.0 Å². The molecule has 198 valence electrons. The molecule has 0 saturated carbocycles. The number of phenolic OH excluding ortho intramolecular Hbond substituents is 1. The van der Waals surface area contributed by atoms with Gasteiger partial charge in [0, 0.05) is 17.3 Å². The molecule has 1 aromatic heterocycles. The minimum Gasteiger partial charge on any atom is -0.506 e. The number of aromatic nitrogens is 1. The number of phenols is 1. The topological polar surface area (TPSA) is 95.0 Å². The van der Waals surface area contributed by atoms with Crippen LogP contribution in [0.15, 0.2) is 64.7 Å². The number of carboxylic acids is 1. The number of aliphatic imine (C=N–C) groups is 1. The predicted octanol–water partition coefficient (Wildman–Crippen LogP) is 7.56. The number of fused-ring (bicyclic) bond motifs is 1. The van der Waals surface area contributed by atoms with Crippen molar-refractivity contribution in [3.05, 3.63) is 76.3 Å². The summed E-state index contributed by atoms with van der Waals surface area (Å²) in [4.78, 5) is 15.1. The second-order valence-electron chi connectivity index (χ2n) is 9.64. The molecule has 2 aromatic carbocycles. The number of hydrogen-bond acceptors (Lipinski definition) is 4. The van der Waals surface area contributed by atoms with Gasteiger partial charge in [-0.3, -0.25) is 9.56 Å². The molecule has 1 unspecified atom stereocenters. The molecule has 3 aromatic rings. The maximum Gasteiger partial charge on any atom is 0.416 e. The quantitative estimate of drug-likeness (QED) is 0.228. The lowest BCUT2D eigenvalue weighted by Gasteiger charge is -2.31. The largest absolute Gasteiger partial charge is 0.506 e. The number of carbonyl (C=O) groups is 1. The van der Waals surface area contributed by atoms with Crippen molar-refractivity contribution in [3.63, 3.8) is 0 Å². The number of rotatable bonds is 5. The zero-order valence-electron chi connectivity index (χ0n) is 20.6. The lowest BCUT2D eigenvalue weighted by molar-refractivity contribution is -0.137. The molecule has 0 amide bonds. The van der Waals surface area contributed by atoms with Gasteiger partial charge in [0.1, 0.15) is 16.5 Å². The van der Waals surface area contributed by atoms with Crippen molar-refractivity contribution in [1.82, 2.24) is 4.57 Å². The molecule has 6 nitrogen and oxygen atoms in total. The summed E-state index contributed by atoms with van der Waals surface area (Å²) in [5.41, 5.74) is 0.0674. The van der Waals surface area contributed by atoms with Gasteiger partial charge in [-0.1, -0.05) is 56.7 Å². The summed E-state index contributed by atoms with van der Waals surface area (Å²) in [6.07, 6.45) is 3.43. The lowest BCUT2D eigenvalue weighted by atomic mass is 9.76. The Balaban J connectivity index is 1.85. The normalized spacial score (nSPS) is 17.8. The molecule has 0 saturated heterocycles. The molecule has 38 heavy (non-hydrogen) atoms. The molecule has 4 rings (SSSR count). The highest BCUT2D eigenvalue weighted by Gasteiger charge is 2.32. The molecule has 10 heteroatoms. The molecular formula is C28H24ClF3N2O4. The smallest absolute Gasteiger partial charge is 0.416 e. The van der Waals surface area contributed by atoms with Gasteiger partial charge in [-0.15, -0.1) is 0 Å². The number of alkyl halides is 3. The third kappa shape index (κ3) is 5.19. The fraction of sp³-hybridized carbons (Fsp3) is 0.214. The van der Waals surface area contributed by atoms with E-state index in [0.29, 0.717) is 16.6 Å². The van der Waals surface area contributed by atoms with Crippen LogP contribution < -0.4 is 0 Å². The summed E-state index contributed by atoms with van der Waals surface area (Å²) in [7, 11) is 0. The highest BCUT2D eigenvalue weighted by molar-refractivity contribution is 6.43. The average molecular weight is 545 g/mol. The van der Waals surface area contributed by atoms with Crippen LogP contribution in [0.5, 0.6) is 11.6 Å². The number of carboxylic acid groups (broad SMARTS) is 1. The summed E-state index contributed by atoms with van der Waals surface area (Å²) in [5.74, 6) is -1.75. The van der Waals surface area contributed by atoms with Crippen molar-refractivity contribution < 1.29 is 33.3 Å². The number of aliphatic carboxylic acids is 1. The number of allylic oxidation sites excluding steroid dienone is 4. The first-order chi connectivity index (χ1) is 17.7. The minimum absolute atomic E-state index is 0.0903. The van der Waals surface area contributed by atoms with Gasteiger partial charge in [-0.2, -0.15) is 13.2 Å². The van der Waals surface area contributed by atoms with Crippen molar-refractivity contribution in [1.29, 1.82) is 0 Å². The number of benzene rings is 2. The van der Waals surface area contributed by atoms with Gasteiger partial charge in [-0.25, -0.2) is 4.79 Å². The molecule has 1 aliphatic carbocycles. The van der Waals surface area contributed by atoms with Crippen LogP contribution in [0, 0.1) is 11.3 Å². The van der Waals surface area contributed by atoms with E-state index < -0.39 is 22.7 Å². The van der Waals surface area contributed by atoms with E-state index in [4.69, 9.17) is 16.7 Å². The first-order valence-corrected chi connectivity index (χ1v) is 11.9. The van der Waals surface area contributed by atoms with Gasteiger partial charge >= 0.3 is 12.1 Å². The van der Waals surface area contributed by atoms with Crippen molar-refractivity contribution in [2.75, 3.05) is 0 Å². The van der Waals surface area contributed by atoms with Gasteiger partial charge in [0.15, 0.2) is 0 Å². The Kier molecular flexibility index (Phi) is 6.92. The first-order valence-electron chi connectivity index (χ1n) is 11.5. The number of nitrogens with zero attached hydrogens (tertiary/aromatic N) is 2. The summed E-state index contributed by atoms with van der Waals surface area (Å²) < 4.78 is 42.0. The molecule has 1 atom stereocenters. The number of hydrogen-bond donors (Lipinski definition) is 3. The van der Waals surface area contributed by atoms with Crippen molar-refractivity contribution in [3.8, 4) is 11.6 Å². The second kappa shape index (κ2) is 9.72. The van der Waals surface area contributed by atoms with E-state index in [1.807, 2.05) is 32.9 Å².